The van der Waals surface area contributed by atoms with Crippen LogP contribution in [0.4, 0.5) is 5.95 Å². The van der Waals surface area contributed by atoms with E-state index in [1.807, 2.05) is 0 Å². The number of rotatable bonds is 6. The molecule has 0 unspecified atom stereocenters. The highest BCUT2D eigenvalue weighted by molar-refractivity contribution is 6.31. The number of aromatic nitrogens is 3. The molecule has 8 nitrogen and oxygen atoms in total. The lowest BCUT2D eigenvalue weighted by Gasteiger charge is -2.28. The fraction of sp³-hybridized carbons (Fsp3) is 0.455. The van der Waals surface area contributed by atoms with Gasteiger partial charge < -0.3 is 15.5 Å². The van der Waals surface area contributed by atoms with Gasteiger partial charge in [-0.25, -0.2) is 9.78 Å². The highest BCUT2D eigenvalue weighted by atomic mass is 35.5. The number of unbranched alkanes of at least 4 members (excludes halogenated alkanes) is 1. The van der Waals surface area contributed by atoms with Crippen molar-refractivity contribution in [2.75, 3.05) is 11.9 Å². The highest BCUT2D eigenvalue weighted by Crippen LogP contribution is 2.33. The zero-order chi connectivity index (χ0) is 22.1. The van der Waals surface area contributed by atoms with Crippen LogP contribution >= 0.6 is 11.6 Å². The van der Waals surface area contributed by atoms with Gasteiger partial charge in [-0.2, -0.15) is 4.98 Å². The minimum absolute atomic E-state index is 0.152. The van der Waals surface area contributed by atoms with Crippen LogP contribution < -0.4 is 10.9 Å². The molecule has 0 bridgehead atoms. The molecule has 0 amide bonds. The Hall–Kier alpha value is -2.71. The van der Waals surface area contributed by atoms with Crippen LogP contribution in [0.3, 0.4) is 0 Å². The molecule has 0 saturated heterocycles. The summed E-state index contributed by atoms with van der Waals surface area (Å²) in [6.45, 7) is 2.65. The molecule has 1 aliphatic rings. The third kappa shape index (κ3) is 4.09. The molecule has 3 N–H and O–H groups in total. The van der Waals surface area contributed by atoms with E-state index in [2.05, 4.69) is 22.2 Å². The van der Waals surface area contributed by atoms with Gasteiger partial charge >= 0.3 is 5.97 Å². The summed E-state index contributed by atoms with van der Waals surface area (Å²) in [5.41, 5.74) is -0.116. The van der Waals surface area contributed by atoms with Crippen molar-refractivity contribution in [1.29, 1.82) is 0 Å². The van der Waals surface area contributed by atoms with Gasteiger partial charge in [0.25, 0.3) is 5.56 Å². The monoisotopic (exact) mass is 444 g/mol. The van der Waals surface area contributed by atoms with Crippen LogP contribution in [0.25, 0.3) is 21.8 Å². The summed E-state index contributed by atoms with van der Waals surface area (Å²) in [5.74, 6) is -0.998. The summed E-state index contributed by atoms with van der Waals surface area (Å²) in [5, 5.41) is 24.5. The number of nitrogens with one attached hydrogen (secondary N) is 1. The quantitative estimate of drug-likeness (QED) is 0.388. The van der Waals surface area contributed by atoms with E-state index in [1.165, 1.54) is 0 Å². The molecule has 9 heteroatoms. The average molecular weight is 445 g/mol. The van der Waals surface area contributed by atoms with E-state index in [0.29, 0.717) is 59.1 Å². The first-order valence-corrected chi connectivity index (χ1v) is 11.0. The molecule has 1 aromatic carbocycles. The Balaban J connectivity index is 2.05. The zero-order valence-corrected chi connectivity index (χ0v) is 18.0. The number of carboxylic acids is 1. The van der Waals surface area contributed by atoms with Crippen LogP contribution in [0.5, 0.6) is 0 Å². The molecule has 0 atom stereocenters. The molecular formula is C22H25ClN4O4. The van der Waals surface area contributed by atoms with E-state index < -0.39 is 5.97 Å². The number of nitrogens with zero attached hydrogens (tertiary/aromatic N) is 3. The van der Waals surface area contributed by atoms with Crippen molar-refractivity contribution < 1.29 is 15.0 Å². The lowest BCUT2D eigenvalue weighted by molar-refractivity contribution is 0.0693. The summed E-state index contributed by atoms with van der Waals surface area (Å²) >= 11 is 6.16. The smallest absolute Gasteiger partial charge is 0.355 e. The summed E-state index contributed by atoms with van der Waals surface area (Å²) in [6.07, 6.45) is 3.82. The van der Waals surface area contributed by atoms with Gasteiger partial charge in [-0.3, -0.25) is 9.36 Å². The van der Waals surface area contributed by atoms with E-state index in [9.17, 15) is 19.8 Å². The summed E-state index contributed by atoms with van der Waals surface area (Å²) < 4.78 is 1.58. The normalized spacial score (nSPS) is 19.1. The molecule has 1 saturated carbocycles. The first-order chi connectivity index (χ1) is 14.9. The van der Waals surface area contributed by atoms with Crippen molar-refractivity contribution in [2.45, 2.75) is 57.6 Å². The van der Waals surface area contributed by atoms with Crippen molar-refractivity contribution in [3.05, 3.63) is 39.3 Å². The minimum atomic E-state index is -1.19. The topological polar surface area (TPSA) is 117 Å². The number of carbonyl (C=O) groups is 1. The number of hydrogen-bond donors (Lipinski definition) is 3. The lowest BCUT2D eigenvalue weighted by Crippen LogP contribution is -2.31. The molecule has 2 heterocycles. The molecule has 164 valence electrons. The Morgan fingerprint density at radius 1 is 1.23 bits per heavy atom. The largest absolute Gasteiger partial charge is 0.476 e. The van der Waals surface area contributed by atoms with Gasteiger partial charge in [-0.05, 0) is 44.2 Å². The fourth-order valence-corrected chi connectivity index (χ4v) is 4.45. The second-order valence-corrected chi connectivity index (χ2v) is 8.44. The van der Waals surface area contributed by atoms with Crippen LogP contribution in [0.2, 0.25) is 5.02 Å². The number of pyridine rings is 1. The Kier molecular flexibility index (Phi) is 6.11. The molecule has 1 aliphatic carbocycles. The summed E-state index contributed by atoms with van der Waals surface area (Å²) in [6, 6.07) is 4.65. The zero-order valence-electron chi connectivity index (χ0n) is 17.3. The first-order valence-electron chi connectivity index (χ1n) is 10.6. The van der Waals surface area contributed by atoms with Gasteiger partial charge in [0, 0.05) is 28.4 Å². The number of fused-ring (bicyclic) bond motifs is 3. The van der Waals surface area contributed by atoms with Crippen LogP contribution in [0, 0.1) is 0 Å². The van der Waals surface area contributed by atoms with Gasteiger partial charge in [0.1, 0.15) is 5.65 Å². The number of halogens is 1. The van der Waals surface area contributed by atoms with Crippen molar-refractivity contribution in [2.24, 2.45) is 0 Å². The van der Waals surface area contributed by atoms with Crippen molar-refractivity contribution >= 4 is 45.3 Å². The third-order valence-corrected chi connectivity index (χ3v) is 6.10. The highest BCUT2D eigenvalue weighted by Gasteiger charge is 2.27. The number of carboxylic acid groups (broad SMARTS) is 1. The predicted octanol–water partition coefficient (Wildman–Crippen LogP) is 3.98. The van der Waals surface area contributed by atoms with E-state index in [-0.39, 0.29) is 29.3 Å². The maximum Gasteiger partial charge on any atom is 0.355 e. The third-order valence-electron chi connectivity index (χ3n) is 5.87. The van der Waals surface area contributed by atoms with E-state index >= 15 is 0 Å². The fourth-order valence-electron chi connectivity index (χ4n) is 4.27. The Morgan fingerprint density at radius 2 is 1.97 bits per heavy atom. The van der Waals surface area contributed by atoms with Gasteiger partial charge in [-0.15, -0.1) is 0 Å². The maximum atomic E-state index is 13.5. The van der Waals surface area contributed by atoms with E-state index in [4.69, 9.17) is 11.6 Å². The van der Waals surface area contributed by atoms with Gasteiger partial charge in [0.15, 0.2) is 5.69 Å². The number of hydrogen-bond acceptors (Lipinski definition) is 6. The van der Waals surface area contributed by atoms with Gasteiger partial charge in [-0.1, -0.05) is 31.0 Å². The summed E-state index contributed by atoms with van der Waals surface area (Å²) in [7, 11) is 0. The van der Waals surface area contributed by atoms with Crippen molar-refractivity contribution in [3.63, 3.8) is 0 Å². The number of aromatic carboxylic acids is 1. The van der Waals surface area contributed by atoms with Crippen LogP contribution in [-0.4, -0.2) is 43.4 Å². The van der Waals surface area contributed by atoms with Crippen LogP contribution in [-0.2, 0) is 0 Å². The number of aliphatic hydroxyl groups excluding tert-OH is 1. The standard InChI is InChI=1S/C22H25ClN4O4/c1-2-3-10-24-22-25-18(21(30)31)17-15-9-4-12(23)11-16(15)20(29)27(19(17)26-22)13-5-7-14(28)8-6-13/h4,9,11,13-14,28H,2-3,5-8,10H2,1H3,(H,30,31)(H,24,25,26)/t13-,14-. The second kappa shape index (κ2) is 8.80. The molecule has 31 heavy (non-hydrogen) atoms. The Morgan fingerprint density at radius 3 is 2.65 bits per heavy atom. The first kappa shape index (κ1) is 21.5. The lowest BCUT2D eigenvalue weighted by atomic mass is 9.92. The van der Waals surface area contributed by atoms with Gasteiger partial charge in [0.05, 0.1) is 11.5 Å². The molecule has 1 fully saturated rings. The van der Waals surface area contributed by atoms with Gasteiger partial charge in [0.2, 0.25) is 5.95 Å². The van der Waals surface area contributed by atoms with Crippen LogP contribution in [0.15, 0.2) is 23.0 Å². The number of benzene rings is 1. The maximum absolute atomic E-state index is 13.5. The van der Waals surface area contributed by atoms with Crippen molar-refractivity contribution in [3.8, 4) is 0 Å². The Labute approximate surface area is 183 Å². The average Bonchev–Trinajstić information content (AvgIpc) is 2.75. The van der Waals surface area contributed by atoms with Crippen LogP contribution in [0.1, 0.15) is 62.0 Å². The molecule has 0 spiro atoms. The van der Waals surface area contributed by atoms with E-state index in [0.717, 1.165) is 12.8 Å². The molecular weight excluding hydrogens is 420 g/mol. The number of aliphatic hydroxyl groups is 1. The second-order valence-electron chi connectivity index (χ2n) is 8.01. The van der Waals surface area contributed by atoms with Crippen molar-refractivity contribution in [1.82, 2.24) is 14.5 Å². The predicted molar refractivity (Wildman–Crippen MR) is 120 cm³/mol. The van der Waals surface area contributed by atoms with E-state index in [1.54, 1.807) is 22.8 Å². The molecule has 3 aromatic rings. The molecule has 2 aromatic heterocycles. The minimum Gasteiger partial charge on any atom is -0.476 e. The summed E-state index contributed by atoms with van der Waals surface area (Å²) in [4.78, 5) is 34.6. The SMILES string of the molecule is CCCCNc1nc(C(=O)O)c2c3ccc(Cl)cc3c(=O)n([C@H]3CC[C@H](O)CC3)c2n1. The molecule has 0 radical (unpaired) electrons. The Bertz CT molecular complexity index is 1200. The number of anilines is 1. The molecule has 4 rings (SSSR count). The molecule has 0 aliphatic heterocycles.